The molecule has 1 aromatic carbocycles. The lowest BCUT2D eigenvalue weighted by molar-refractivity contribution is 0.317. The van der Waals surface area contributed by atoms with Crippen LogP contribution in [0.2, 0.25) is 4.34 Å². The largest absolute Gasteiger partial charge is 0.494 e. The van der Waals surface area contributed by atoms with Crippen molar-refractivity contribution in [3.05, 3.63) is 45.1 Å². The van der Waals surface area contributed by atoms with E-state index in [1.165, 1.54) is 10.4 Å². The quantitative estimate of drug-likeness (QED) is 0.810. The molecule has 0 amide bonds. The van der Waals surface area contributed by atoms with Crippen LogP contribution in [0.1, 0.15) is 36.2 Å². The molecule has 1 N–H and O–H groups in total. The first-order valence-electron chi connectivity index (χ1n) is 7.04. The van der Waals surface area contributed by atoms with Gasteiger partial charge in [0.15, 0.2) is 0 Å². The minimum atomic E-state index is 0.371. The summed E-state index contributed by atoms with van der Waals surface area (Å²) in [5.74, 6) is 0.929. The fraction of sp³-hybridized carbons (Fsp3) is 0.375. The standard InChI is InChI=1S/C16H18ClNOS/c1-2-8-19-12-5-3-4-11(9-12)18-14-6-7-15-13(14)10-16(17)20-15/h3-5,9-10,14,18H,2,6-8H2,1H3. The number of halogens is 1. The highest BCUT2D eigenvalue weighted by atomic mass is 35.5. The zero-order valence-corrected chi connectivity index (χ0v) is 13.1. The molecule has 20 heavy (non-hydrogen) atoms. The van der Waals surface area contributed by atoms with Gasteiger partial charge in [0.1, 0.15) is 5.75 Å². The molecule has 1 aliphatic carbocycles. The van der Waals surface area contributed by atoms with Crippen molar-refractivity contribution < 1.29 is 4.74 Å². The minimum Gasteiger partial charge on any atom is -0.494 e. The number of fused-ring (bicyclic) bond motifs is 1. The zero-order valence-electron chi connectivity index (χ0n) is 11.5. The molecule has 2 aromatic rings. The number of anilines is 1. The highest BCUT2D eigenvalue weighted by Gasteiger charge is 2.24. The van der Waals surface area contributed by atoms with Crippen LogP contribution in [0, 0.1) is 0 Å². The van der Waals surface area contributed by atoms with Crippen LogP contribution in [0.15, 0.2) is 30.3 Å². The maximum Gasteiger partial charge on any atom is 0.121 e. The second-order valence-electron chi connectivity index (χ2n) is 5.04. The van der Waals surface area contributed by atoms with E-state index in [-0.39, 0.29) is 0 Å². The summed E-state index contributed by atoms with van der Waals surface area (Å²) in [6.45, 7) is 2.87. The van der Waals surface area contributed by atoms with E-state index in [1.807, 2.05) is 12.1 Å². The molecule has 4 heteroatoms. The fourth-order valence-corrected chi connectivity index (χ4v) is 3.93. The van der Waals surface area contributed by atoms with Crippen molar-refractivity contribution in [1.29, 1.82) is 0 Å². The van der Waals surface area contributed by atoms with Gasteiger partial charge in [0.25, 0.3) is 0 Å². The van der Waals surface area contributed by atoms with Crippen molar-refractivity contribution in [3.63, 3.8) is 0 Å². The molecule has 0 fully saturated rings. The maximum absolute atomic E-state index is 6.10. The van der Waals surface area contributed by atoms with Crippen LogP contribution < -0.4 is 10.1 Å². The second-order valence-corrected chi connectivity index (χ2v) is 6.81. The molecule has 3 rings (SSSR count). The predicted octanol–water partition coefficient (Wildman–Crippen LogP) is 5.29. The number of thiophene rings is 1. The molecular weight excluding hydrogens is 290 g/mol. The Kier molecular flexibility index (Phi) is 4.18. The van der Waals surface area contributed by atoms with E-state index in [4.69, 9.17) is 16.3 Å². The molecular formula is C16H18ClNOS. The van der Waals surface area contributed by atoms with Crippen molar-refractivity contribution in [2.45, 2.75) is 32.2 Å². The smallest absolute Gasteiger partial charge is 0.121 e. The lowest BCUT2D eigenvalue weighted by Crippen LogP contribution is -2.06. The number of aryl methyl sites for hydroxylation is 1. The Morgan fingerprint density at radius 2 is 2.30 bits per heavy atom. The molecule has 0 spiro atoms. The van der Waals surface area contributed by atoms with E-state index in [9.17, 15) is 0 Å². The van der Waals surface area contributed by atoms with Gasteiger partial charge in [-0.2, -0.15) is 0 Å². The van der Waals surface area contributed by atoms with Gasteiger partial charge in [0.2, 0.25) is 0 Å². The lowest BCUT2D eigenvalue weighted by Gasteiger charge is -2.15. The average Bonchev–Trinajstić information content (AvgIpc) is 2.98. The summed E-state index contributed by atoms with van der Waals surface area (Å²) in [5, 5.41) is 3.60. The SMILES string of the molecule is CCCOc1cccc(NC2CCc3sc(Cl)cc32)c1. The lowest BCUT2D eigenvalue weighted by atomic mass is 10.1. The molecule has 2 nitrogen and oxygen atoms in total. The van der Waals surface area contributed by atoms with Crippen molar-refractivity contribution in [1.82, 2.24) is 0 Å². The highest BCUT2D eigenvalue weighted by Crippen LogP contribution is 2.41. The molecule has 106 valence electrons. The summed E-state index contributed by atoms with van der Waals surface area (Å²) in [7, 11) is 0. The van der Waals surface area contributed by atoms with Crippen LogP contribution in [0.25, 0.3) is 0 Å². The van der Waals surface area contributed by atoms with Gasteiger partial charge >= 0.3 is 0 Å². The minimum absolute atomic E-state index is 0.371. The van der Waals surface area contributed by atoms with Gasteiger partial charge in [-0.3, -0.25) is 0 Å². The van der Waals surface area contributed by atoms with Crippen LogP contribution in [0.5, 0.6) is 5.75 Å². The van der Waals surface area contributed by atoms with E-state index >= 15 is 0 Å². The normalized spacial score (nSPS) is 17.0. The summed E-state index contributed by atoms with van der Waals surface area (Å²) in [6.07, 6.45) is 3.28. The van der Waals surface area contributed by atoms with Gasteiger partial charge in [0.05, 0.1) is 17.0 Å². The van der Waals surface area contributed by atoms with Gasteiger partial charge in [-0.25, -0.2) is 0 Å². The average molecular weight is 308 g/mol. The van der Waals surface area contributed by atoms with Crippen molar-refractivity contribution in [2.75, 3.05) is 11.9 Å². The van der Waals surface area contributed by atoms with Crippen molar-refractivity contribution in [3.8, 4) is 5.75 Å². The Morgan fingerprint density at radius 1 is 1.40 bits per heavy atom. The molecule has 0 radical (unpaired) electrons. The zero-order chi connectivity index (χ0) is 13.9. The van der Waals surface area contributed by atoms with Crippen LogP contribution in [0.3, 0.4) is 0 Å². The topological polar surface area (TPSA) is 21.3 Å². The molecule has 1 aliphatic rings. The summed E-state index contributed by atoms with van der Waals surface area (Å²) < 4.78 is 6.57. The van der Waals surface area contributed by atoms with E-state index in [2.05, 4.69) is 30.4 Å². The number of hydrogen-bond donors (Lipinski definition) is 1. The summed E-state index contributed by atoms with van der Waals surface area (Å²) in [4.78, 5) is 1.42. The first-order chi connectivity index (χ1) is 9.76. The summed E-state index contributed by atoms with van der Waals surface area (Å²) in [5.41, 5.74) is 2.47. The maximum atomic E-state index is 6.10. The number of rotatable bonds is 5. The van der Waals surface area contributed by atoms with Crippen molar-refractivity contribution >= 4 is 28.6 Å². The van der Waals surface area contributed by atoms with Gasteiger partial charge in [0, 0.05) is 16.6 Å². The van der Waals surface area contributed by atoms with E-state index in [0.717, 1.165) is 41.6 Å². The Labute approximate surface area is 128 Å². The first-order valence-corrected chi connectivity index (χ1v) is 8.23. The molecule has 0 aliphatic heterocycles. The summed E-state index contributed by atoms with van der Waals surface area (Å²) in [6, 6.07) is 10.7. The number of ether oxygens (including phenoxy) is 1. The molecule has 0 bridgehead atoms. The van der Waals surface area contributed by atoms with Crippen molar-refractivity contribution in [2.24, 2.45) is 0 Å². The molecule has 0 saturated heterocycles. The molecule has 1 heterocycles. The highest BCUT2D eigenvalue weighted by molar-refractivity contribution is 7.16. The molecule has 1 unspecified atom stereocenters. The Bertz CT molecular complexity index is 596. The third-order valence-electron chi connectivity index (χ3n) is 3.49. The van der Waals surface area contributed by atoms with E-state index < -0.39 is 0 Å². The van der Waals surface area contributed by atoms with Gasteiger partial charge in [-0.05, 0) is 43.0 Å². The number of benzene rings is 1. The summed E-state index contributed by atoms with van der Waals surface area (Å²) >= 11 is 7.81. The van der Waals surface area contributed by atoms with E-state index in [1.54, 1.807) is 11.3 Å². The number of nitrogens with one attached hydrogen (secondary N) is 1. The van der Waals surface area contributed by atoms with Gasteiger partial charge in [-0.1, -0.05) is 24.6 Å². The third-order valence-corrected chi connectivity index (χ3v) is 4.83. The second kappa shape index (κ2) is 6.06. The molecule has 1 aromatic heterocycles. The first kappa shape index (κ1) is 13.8. The van der Waals surface area contributed by atoms with Crippen LogP contribution >= 0.6 is 22.9 Å². The van der Waals surface area contributed by atoms with E-state index in [0.29, 0.717) is 6.04 Å². The van der Waals surface area contributed by atoms with Crippen LogP contribution in [-0.4, -0.2) is 6.61 Å². The van der Waals surface area contributed by atoms with Gasteiger partial charge in [-0.15, -0.1) is 11.3 Å². The van der Waals surface area contributed by atoms with Gasteiger partial charge < -0.3 is 10.1 Å². The monoisotopic (exact) mass is 307 g/mol. The van der Waals surface area contributed by atoms with Crippen LogP contribution in [-0.2, 0) is 6.42 Å². The predicted molar refractivity (Wildman–Crippen MR) is 86.2 cm³/mol. The molecule has 1 atom stereocenters. The Hall–Kier alpha value is -1.19. The third kappa shape index (κ3) is 2.94. The fourth-order valence-electron chi connectivity index (χ4n) is 2.58. The van der Waals surface area contributed by atoms with Crippen LogP contribution in [0.4, 0.5) is 5.69 Å². The Morgan fingerprint density at radius 3 is 3.15 bits per heavy atom. The Balaban J connectivity index is 1.72. The molecule has 0 saturated carbocycles. The number of hydrogen-bond acceptors (Lipinski definition) is 3.